The van der Waals surface area contributed by atoms with Crippen molar-refractivity contribution in [3.63, 3.8) is 0 Å². The maximum atomic E-state index is 5.89. The van der Waals surface area contributed by atoms with Gasteiger partial charge in [-0.15, -0.1) is 11.3 Å². The molecule has 106 valence electrons. The fourth-order valence-electron chi connectivity index (χ4n) is 2.75. The number of rotatable bonds is 3. The summed E-state index contributed by atoms with van der Waals surface area (Å²) >= 11 is 1.87. The van der Waals surface area contributed by atoms with Crippen LogP contribution in [0.5, 0.6) is 0 Å². The van der Waals surface area contributed by atoms with E-state index in [-0.39, 0.29) is 0 Å². The highest BCUT2D eigenvalue weighted by molar-refractivity contribution is 7.10. The van der Waals surface area contributed by atoms with Gasteiger partial charge in [-0.05, 0) is 23.4 Å². The Kier molecular flexibility index (Phi) is 3.33. The second-order valence-corrected chi connectivity index (χ2v) is 6.31. The van der Waals surface area contributed by atoms with Crippen LogP contribution in [-0.2, 0) is 19.5 Å². The molecule has 2 aromatic heterocycles. The Morgan fingerprint density at radius 2 is 2.10 bits per heavy atom. The van der Waals surface area contributed by atoms with E-state index in [1.807, 2.05) is 47.9 Å². The molecule has 0 radical (unpaired) electrons. The van der Waals surface area contributed by atoms with E-state index >= 15 is 0 Å². The average molecular weight is 296 g/mol. The summed E-state index contributed by atoms with van der Waals surface area (Å²) in [4.78, 5) is 8.35. The second kappa shape index (κ2) is 5.47. The number of nitrogens with zero attached hydrogens (tertiary/aromatic N) is 2. The van der Waals surface area contributed by atoms with E-state index in [4.69, 9.17) is 4.42 Å². The molecule has 0 unspecified atom stereocenters. The third-order valence-corrected chi connectivity index (χ3v) is 4.88. The lowest BCUT2D eigenvalue weighted by atomic mass is 10.1. The van der Waals surface area contributed by atoms with Crippen molar-refractivity contribution in [2.45, 2.75) is 19.5 Å². The molecular formula is C17H16N2OS. The summed E-state index contributed by atoms with van der Waals surface area (Å²) in [6.45, 7) is 2.86. The molecule has 4 rings (SSSR count). The minimum absolute atomic E-state index is 0.780. The molecule has 0 atom stereocenters. The third kappa shape index (κ3) is 2.64. The molecule has 1 aliphatic heterocycles. The summed E-state index contributed by atoms with van der Waals surface area (Å²) in [7, 11) is 0. The minimum atomic E-state index is 0.780. The van der Waals surface area contributed by atoms with Crippen molar-refractivity contribution in [2.24, 2.45) is 0 Å². The van der Waals surface area contributed by atoms with E-state index in [1.165, 1.54) is 10.4 Å². The first-order valence-corrected chi connectivity index (χ1v) is 8.04. The molecule has 3 heterocycles. The van der Waals surface area contributed by atoms with Crippen molar-refractivity contribution in [3.05, 3.63) is 64.3 Å². The Morgan fingerprint density at radius 1 is 1.19 bits per heavy atom. The van der Waals surface area contributed by atoms with Gasteiger partial charge in [0.25, 0.3) is 0 Å². The molecule has 0 saturated heterocycles. The molecule has 0 spiro atoms. The van der Waals surface area contributed by atoms with E-state index in [0.717, 1.165) is 43.3 Å². The number of benzene rings is 1. The number of hydrogen-bond acceptors (Lipinski definition) is 4. The van der Waals surface area contributed by atoms with Crippen LogP contribution in [0.4, 0.5) is 0 Å². The molecule has 3 nitrogen and oxygen atoms in total. The van der Waals surface area contributed by atoms with E-state index in [1.54, 1.807) is 0 Å². The van der Waals surface area contributed by atoms with Crippen LogP contribution in [0, 0.1) is 0 Å². The largest absolute Gasteiger partial charge is 0.439 e. The first-order valence-electron chi connectivity index (χ1n) is 7.16. The van der Waals surface area contributed by atoms with Gasteiger partial charge >= 0.3 is 0 Å². The Balaban J connectivity index is 1.48. The first kappa shape index (κ1) is 12.8. The van der Waals surface area contributed by atoms with Crippen molar-refractivity contribution in [1.82, 2.24) is 9.88 Å². The smallest absolute Gasteiger partial charge is 0.209 e. The van der Waals surface area contributed by atoms with E-state index < -0.39 is 0 Å². The van der Waals surface area contributed by atoms with Gasteiger partial charge in [0.1, 0.15) is 0 Å². The number of hydrogen-bond donors (Lipinski definition) is 0. The fraction of sp³-hybridized carbons (Fsp3) is 0.235. The van der Waals surface area contributed by atoms with E-state index in [9.17, 15) is 0 Å². The normalized spacial score (nSPS) is 15.0. The molecule has 0 saturated carbocycles. The van der Waals surface area contributed by atoms with Crippen LogP contribution >= 0.6 is 11.3 Å². The topological polar surface area (TPSA) is 29.3 Å². The molecule has 0 bridgehead atoms. The summed E-state index contributed by atoms with van der Waals surface area (Å²) in [5.74, 6) is 1.64. The van der Waals surface area contributed by atoms with E-state index in [2.05, 4.69) is 21.3 Å². The fourth-order valence-corrected chi connectivity index (χ4v) is 3.64. The lowest BCUT2D eigenvalue weighted by molar-refractivity contribution is 0.223. The van der Waals surface area contributed by atoms with Gasteiger partial charge < -0.3 is 4.42 Å². The zero-order chi connectivity index (χ0) is 14.1. The summed E-state index contributed by atoms with van der Waals surface area (Å²) in [5.41, 5.74) is 2.54. The predicted molar refractivity (Wildman–Crippen MR) is 84.1 cm³/mol. The van der Waals surface area contributed by atoms with Crippen LogP contribution in [0.2, 0.25) is 0 Å². The number of oxazole rings is 1. The molecule has 0 aliphatic carbocycles. The van der Waals surface area contributed by atoms with Crippen LogP contribution in [0.25, 0.3) is 11.3 Å². The molecule has 0 N–H and O–H groups in total. The molecule has 3 aromatic rings. The Bertz CT molecular complexity index is 732. The van der Waals surface area contributed by atoms with Gasteiger partial charge in [-0.2, -0.15) is 0 Å². The molecular weight excluding hydrogens is 280 g/mol. The molecule has 0 fully saturated rings. The molecule has 1 aliphatic rings. The van der Waals surface area contributed by atoms with Gasteiger partial charge in [0.15, 0.2) is 5.76 Å². The monoisotopic (exact) mass is 296 g/mol. The van der Waals surface area contributed by atoms with Crippen LogP contribution < -0.4 is 0 Å². The standard InChI is InChI=1S/C17H16N2OS/c1-2-4-13(5-3-1)15-10-18-17(20-15)12-19-8-6-16-14(11-19)7-9-21-16/h1-5,7,9-10H,6,8,11-12H2. The molecule has 21 heavy (non-hydrogen) atoms. The van der Waals surface area contributed by atoms with Crippen molar-refractivity contribution in [3.8, 4) is 11.3 Å². The van der Waals surface area contributed by atoms with Crippen molar-refractivity contribution < 1.29 is 4.42 Å². The highest BCUT2D eigenvalue weighted by Gasteiger charge is 2.19. The minimum Gasteiger partial charge on any atom is -0.439 e. The number of thiophene rings is 1. The Morgan fingerprint density at radius 3 is 3.00 bits per heavy atom. The highest BCUT2D eigenvalue weighted by atomic mass is 32.1. The maximum absolute atomic E-state index is 5.89. The van der Waals surface area contributed by atoms with Gasteiger partial charge in [-0.25, -0.2) is 4.98 Å². The van der Waals surface area contributed by atoms with Crippen LogP contribution in [0.3, 0.4) is 0 Å². The van der Waals surface area contributed by atoms with Gasteiger partial charge in [-0.1, -0.05) is 30.3 Å². The maximum Gasteiger partial charge on any atom is 0.209 e. The van der Waals surface area contributed by atoms with Gasteiger partial charge in [0.05, 0.1) is 12.7 Å². The number of fused-ring (bicyclic) bond motifs is 1. The number of aromatic nitrogens is 1. The highest BCUT2D eigenvalue weighted by Crippen LogP contribution is 2.26. The summed E-state index contributed by atoms with van der Waals surface area (Å²) in [6, 6.07) is 12.4. The SMILES string of the molecule is c1ccc(-c2cnc(CN3CCc4sccc4C3)o2)cc1. The quantitative estimate of drug-likeness (QED) is 0.732. The summed E-state index contributed by atoms with van der Waals surface area (Å²) < 4.78 is 5.89. The zero-order valence-corrected chi connectivity index (χ0v) is 12.5. The van der Waals surface area contributed by atoms with Crippen LogP contribution in [0.1, 0.15) is 16.3 Å². The van der Waals surface area contributed by atoms with Crippen molar-refractivity contribution in [2.75, 3.05) is 6.54 Å². The second-order valence-electron chi connectivity index (χ2n) is 5.31. The lowest BCUT2D eigenvalue weighted by Crippen LogP contribution is -2.29. The third-order valence-electron chi connectivity index (χ3n) is 3.86. The Hall–Kier alpha value is -1.91. The Labute approximate surface area is 127 Å². The van der Waals surface area contributed by atoms with Crippen molar-refractivity contribution >= 4 is 11.3 Å². The summed E-state index contributed by atoms with van der Waals surface area (Å²) in [6.07, 6.45) is 2.96. The first-order chi connectivity index (χ1) is 10.4. The van der Waals surface area contributed by atoms with Crippen molar-refractivity contribution in [1.29, 1.82) is 0 Å². The summed E-state index contributed by atoms with van der Waals surface area (Å²) in [5, 5.41) is 2.19. The van der Waals surface area contributed by atoms with Gasteiger partial charge in [0.2, 0.25) is 5.89 Å². The predicted octanol–water partition coefficient (Wildman–Crippen LogP) is 3.96. The van der Waals surface area contributed by atoms with Crippen LogP contribution in [-0.4, -0.2) is 16.4 Å². The zero-order valence-electron chi connectivity index (χ0n) is 11.7. The lowest BCUT2D eigenvalue weighted by Gasteiger charge is -2.25. The molecule has 0 amide bonds. The van der Waals surface area contributed by atoms with Crippen LogP contribution in [0.15, 0.2) is 52.4 Å². The van der Waals surface area contributed by atoms with E-state index in [0.29, 0.717) is 0 Å². The van der Waals surface area contributed by atoms with Gasteiger partial charge in [0, 0.05) is 23.5 Å². The average Bonchev–Trinajstić information content (AvgIpc) is 3.17. The molecule has 4 heteroatoms. The molecule has 1 aromatic carbocycles. The van der Waals surface area contributed by atoms with Gasteiger partial charge in [-0.3, -0.25) is 4.90 Å².